The summed E-state index contributed by atoms with van der Waals surface area (Å²) < 4.78 is 15.0. The summed E-state index contributed by atoms with van der Waals surface area (Å²) in [4.78, 5) is 8.69. The van der Waals surface area contributed by atoms with Crippen LogP contribution in [0.15, 0.2) is 55.1 Å². The van der Waals surface area contributed by atoms with E-state index in [1.807, 2.05) is 25.3 Å². The van der Waals surface area contributed by atoms with Gasteiger partial charge in [0, 0.05) is 35.3 Å². The minimum Gasteiger partial charge on any atom is -0.264 e. The maximum Gasteiger partial charge on any atom is 0.162 e. The number of aryl methyl sites for hydroxylation is 1. The Balaban J connectivity index is 1.96. The Kier molecular flexibility index (Phi) is 3.50. The highest BCUT2D eigenvalue weighted by Crippen LogP contribution is 2.32. The lowest BCUT2D eigenvalue weighted by molar-refractivity contribution is 0.628. The van der Waals surface area contributed by atoms with E-state index in [-0.39, 0.29) is 5.82 Å². The van der Waals surface area contributed by atoms with E-state index < -0.39 is 0 Å². The molecule has 4 rings (SSSR count). The van der Waals surface area contributed by atoms with E-state index in [9.17, 15) is 4.39 Å². The van der Waals surface area contributed by atoms with Crippen LogP contribution in [0.25, 0.3) is 28.0 Å². The zero-order valence-corrected chi connectivity index (χ0v) is 13.5. The first kappa shape index (κ1) is 14.8. The maximum absolute atomic E-state index is 13.3. The normalized spacial score (nSPS) is 11.1. The van der Waals surface area contributed by atoms with Crippen molar-refractivity contribution in [3.05, 3.63) is 71.5 Å². The molecular weight excluding hydrogens is 327 g/mol. The number of imidazole rings is 1. The fourth-order valence-electron chi connectivity index (χ4n) is 2.73. The highest BCUT2D eigenvalue weighted by Gasteiger charge is 2.15. The molecule has 0 saturated carbocycles. The lowest BCUT2D eigenvalue weighted by atomic mass is 10.1. The van der Waals surface area contributed by atoms with Crippen LogP contribution in [0.1, 0.15) is 5.56 Å². The van der Waals surface area contributed by atoms with Gasteiger partial charge in [-0.3, -0.25) is 4.98 Å². The van der Waals surface area contributed by atoms with Crippen molar-refractivity contribution < 1.29 is 4.39 Å². The van der Waals surface area contributed by atoms with Crippen molar-refractivity contribution in [2.45, 2.75) is 6.92 Å². The van der Waals surface area contributed by atoms with Crippen molar-refractivity contribution >= 4 is 17.2 Å². The number of hydrogen-bond acceptors (Lipinski definition) is 3. The monoisotopic (exact) mass is 338 g/mol. The van der Waals surface area contributed by atoms with Gasteiger partial charge in [0.15, 0.2) is 5.65 Å². The van der Waals surface area contributed by atoms with E-state index >= 15 is 0 Å². The Hall–Kier alpha value is -2.79. The van der Waals surface area contributed by atoms with Gasteiger partial charge in [0.2, 0.25) is 0 Å². The van der Waals surface area contributed by atoms with Crippen LogP contribution in [0.4, 0.5) is 4.39 Å². The lowest BCUT2D eigenvalue weighted by Crippen LogP contribution is -1.97. The van der Waals surface area contributed by atoms with Crippen molar-refractivity contribution in [2.24, 2.45) is 0 Å². The van der Waals surface area contributed by atoms with Crippen LogP contribution in [0.2, 0.25) is 5.02 Å². The van der Waals surface area contributed by atoms with E-state index in [1.54, 1.807) is 29.2 Å². The van der Waals surface area contributed by atoms with Crippen molar-refractivity contribution in [1.29, 1.82) is 0 Å². The molecule has 6 heteroatoms. The first-order chi connectivity index (χ1) is 11.6. The number of nitrogens with zero attached hydrogens (tertiary/aromatic N) is 4. The number of halogens is 2. The van der Waals surface area contributed by atoms with E-state index in [0.29, 0.717) is 21.9 Å². The van der Waals surface area contributed by atoms with Crippen molar-refractivity contribution in [3.8, 4) is 22.4 Å². The lowest BCUT2D eigenvalue weighted by Gasteiger charge is -2.08. The first-order valence-electron chi connectivity index (χ1n) is 7.34. The predicted octanol–water partition coefficient (Wildman–Crippen LogP) is 4.56. The third-order valence-electron chi connectivity index (χ3n) is 3.94. The summed E-state index contributed by atoms with van der Waals surface area (Å²) in [6, 6.07) is 8.14. The summed E-state index contributed by atoms with van der Waals surface area (Å²) in [7, 11) is 0. The molecule has 0 amide bonds. The smallest absolute Gasteiger partial charge is 0.162 e. The van der Waals surface area contributed by atoms with Gasteiger partial charge in [0.1, 0.15) is 5.82 Å². The fraction of sp³-hybridized carbons (Fsp3) is 0.0556. The minimum atomic E-state index is -0.378. The Morgan fingerprint density at radius 1 is 1.00 bits per heavy atom. The molecule has 3 aromatic heterocycles. The van der Waals surface area contributed by atoms with E-state index in [0.717, 1.165) is 16.7 Å². The van der Waals surface area contributed by atoms with Gasteiger partial charge in [-0.1, -0.05) is 11.6 Å². The summed E-state index contributed by atoms with van der Waals surface area (Å²) in [6.07, 6.45) is 6.96. The van der Waals surface area contributed by atoms with Gasteiger partial charge in [0.05, 0.1) is 16.9 Å². The second-order valence-corrected chi connectivity index (χ2v) is 5.85. The molecule has 24 heavy (non-hydrogen) atoms. The second kappa shape index (κ2) is 5.69. The number of benzene rings is 1. The number of rotatable bonds is 2. The zero-order chi connectivity index (χ0) is 16.7. The van der Waals surface area contributed by atoms with Crippen LogP contribution in [-0.2, 0) is 0 Å². The molecular formula is C18H12ClFN4. The molecule has 0 saturated heterocycles. The quantitative estimate of drug-likeness (QED) is 0.538. The highest BCUT2D eigenvalue weighted by molar-refractivity contribution is 6.33. The molecule has 0 N–H and O–H groups in total. The van der Waals surface area contributed by atoms with Gasteiger partial charge in [-0.05, 0) is 42.8 Å². The largest absolute Gasteiger partial charge is 0.264 e. The molecule has 3 heterocycles. The zero-order valence-electron chi connectivity index (χ0n) is 12.7. The van der Waals surface area contributed by atoms with Crippen LogP contribution in [0, 0.1) is 12.7 Å². The van der Waals surface area contributed by atoms with E-state index in [1.165, 1.54) is 12.1 Å². The topological polar surface area (TPSA) is 43.1 Å². The summed E-state index contributed by atoms with van der Waals surface area (Å²) >= 11 is 6.18. The van der Waals surface area contributed by atoms with Crippen molar-refractivity contribution in [1.82, 2.24) is 19.6 Å². The predicted molar refractivity (Wildman–Crippen MR) is 91.4 cm³/mol. The molecule has 0 atom stereocenters. The molecule has 1 aromatic carbocycles. The van der Waals surface area contributed by atoms with Crippen LogP contribution in [0.3, 0.4) is 0 Å². The van der Waals surface area contributed by atoms with Gasteiger partial charge < -0.3 is 0 Å². The minimum absolute atomic E-state index is 0.321. The molecule has 4 nitrogen and oxygen atoms in total. The molecule has 4 aromatic rings. The SMILES string of the molecule is Cc1ccncc1-c1ccnn2c(-c3ccc(F)cc3Cl)cnc12. The van der Waals surface area contributed by atoms with Gasteiger partial charge in [0.25, 0.3) is 0 Å². The number of fused-ring (bicyclic) bond motifs is 1. The van der Waals surface area contributed by atoms with Crippen LogP contribution in [-0.4, -0.2) is 19.6 Å². The van der Waals surface area contributed by atoms with Crippen LogP contribution < -0.4 is 0 Å². The van der Waals surface area contributed by atoms with Gasteiger partial charge in [-0.25, -0.2) is 13.9 Å². The third kappa shape index (κ3) is 2.34. The van der Waals surface area contributed by atoms with Crippen molar-refractivity contribution in [2.75, 3.05) is 0 Å². The highest BCUT2D eigenvalue weighted by atomic mass is 35.5. The molecule has 0 radical (unpaired) electrons. The standard InChI is InChI=1S/C18H12ClFN4/c1-11-4-6-21-9-15(11)13-5-7-23-24-17(10-22-18(13)24)14-3-2-12(20)8-16(14)19/h2-10H,1H3. The van der Waals surface area contributed by atoms with Gasteiger partial charge >= 0.3 is 0 Å². The maximum atomic E-state index is 13.3. The number of aromatic nitrogens is 4. The van der Waals surface area contributed by atoms with E-state index in [2.05, 4.69) is 15.1 Å². The van der Waals surface area contributed by atoms with Crippen LogP contribution >= 0.6 is 11.6 Å². The second-order valence-electron chi connectivity index (χ2n) is 5.44. The fourth-order valence-corrected chi connectivity index (χ4v) is 3.00. The summed E-state index contributed by atoms with van der Waals surface area (Å²) in [5.41, 5.74) is 5.11. The molecule has 0 bridgehead atoms. The molecule has 0 spiro atoms. The average Bonchev–Trinajstić information content (AvgIpc) is 2.99. The summed E-state index contributed by atoms with van der Waals surface area (Å²) in [5.74, 6) is -0.378. The molecule has 118 valence electrons. The number of hydrogen-bond donors (Lipinski definition) is 0. The number of pyridine rings is 1. The molecule has 0 aliphatic rings. The molecule has 0 unspecified atom stereocenters. The van der Waals surface area contributed by atoms with Gasteiger partial charge in [-0.2, -0.15) is 5.10 Å². The molecule has 0 aliphatic carbocycles. The summed E-state index contributed by atoms with van der Waals surface area (Å²) in [6.45, 7) is 2.02. The Morgan fingerprint density at radius 3 is 2.67 bits per heavy atom. The first-order valence-corrected chi connectivity index (χ1v) is 7.72. The van der Waals surface area contributed by atoms with Crippen LogP contribution in [0.5, 0.6) is 0 Å². The Labute approximate surface area is 142 Å². The Morgan fingerprint density at radius 2 is 1.88 bits per heavy atom. The Bertz CT molecular complexity index is 1060. The third-order valence-corrected chi connectivity index (χ3v) is 4.25. The molecule has 0 fully saturated rings. The van der Waals surface area contributed by atoms with Gasteiger partial charge in [-0.15, -0.1) is 0 Å². The summed E-state index contributed by atoms with van der Waals surface area (Å²) in [5, 5.41) is 4.70. The molecule has 0 aliphatic heterocycles. The average molecular weight is 339 g/mol. The van der Waals surface area contributed by atoms with Crippen molar-refractivity contribution in [3.63, 3.8) is 0 Å². The van der Waals surface area contributed by atoms with E-state index in [4.69, 9.17) is 11.6 Å².